The first-order chi connectivity index (χ1) is 14.0. The summed E-state index contributed by atoms with van der Waals surface area (Å²) in [6.45, 7) is 1.53. The molecule has 1 N–H and O–H groups in total. The third-order valence-corrected chi connectivity index (χ3v) is 6.68. The lowest BCUT2D eigenvalue weighted by atomic mass is 10.0. The van der Waals surface area contributed by atoms with Crippen LogP contribution in [0.25, 0.3) is 0 Å². The number of sulfone groups is 1. The molecule has 0 aromatic heterocycles. The minimum atomic E-state index is -3.62. The van der Waals surface area contributed by atoms with Crippen LogP contribution in [-0.4, -0.2) is 39.9 Å². The summed E-state index contributed by atoms with van der Waals surface area (Å²) < 4.78 is 42.1. The van der Waals surface area contributed by atoms with Gasteiger partial charge in [0.2, 0.25) is 5.91 Å². The number of carbonyl (C=O) groups excluding carboxylic acids is 1. The molecular weight excluding hydrogens is 394 g/mol. The van der Waals surface area contributed by atoms with E-state index in [0.717, 1.165) is 17.7 Å². The minimum Gasteiger partial charge on any atom is -0.493 e. The average molecular weight is 417 g/mol. The molecule has 8 heteroatoms. The predicted molar refractivity (Wildman–Crippen MR) is 106 cm³/mol. The van der Waals surface area contributed by atoms with Gasteiger partial charge in [-0.1, -0.05) is 18.2 Å². The van der Waals surface area contributed by atoms with Crippen molar-refractivity contribution < 1.29 is 27.4 Å². The molecule has 2 aromatic carbocycles. The molecule has 0 radical (unpaired) electrons. The standard InChI is InChI=1S/C21H23NO6S/c23-21(22-17-8-12-28-18-5-2-1-4-16(17)18)9-13-29(24,25)15-6-7-19-20(14-15)27-11-3-10-26-19/h1-2,4-7,14,17H,3,8-13H2,(H,22,23)/t17-/m0/s1. The van der Waals surface area contributed by atoms with Gasteiger partial charge < -0.3 is 19.5 Å². The van der Waals surface area contributed by atoms with Gasteiger partial charge in [0.05, 0.1) is 36.5 Å². The number of para-hydroxylation sites is 1. The smallest absolute Gasteiger partial charge is 0.221 e. The first kappa shape index (κ1) is 19.6. The Morgan fingerprint density at radius 3 is 2.59 bits per heavy atom. The van der Waals surface area contributed by atoms with Gasteiger partial charge in [-0.15, -0.1) is 0 Å². The Bertz CT molecular complexity index is 1000. The molecule has 7 nitrogen and oxygen atoms in total. The molecule has 2 aromatic rings. The number of amides is 1. The number of benzene rings is 2. The molecule has 2 heterocycles. The molecule has 29 heavy (non-hydrogen) atoms. The molecule has 2 aliphatic heterocycles. The molecular formula is C21H23NO6S. The zero-order valence-corrected chi connectivity index (χ0v) is 16.7. The molecule has 0 saturated carbocycles. The van der Waals surface area contributed by atoms with E-state index >= 15 is 0 Å². The lowest BCUT2D eigenvalue weighted by Crippen LogP contribution is -2.33. The topological polar surface area (TPSA) is 90.9 Å². The molecule has 4 rings (SSSR count). The maximum atomic E-state index is 12.7. The molecule has 0 saturated heterocycles. The molecule has 1 atom stereocenters. The Balaban J connectivity index is 1.40. The highest BCUT2D eigenvalue weighted by Crippen LogP contribution is 2.33. The van der Waals surface area contributed by atoms with E-state index in [1.807, 2.05) is 24.3 Å². The maximum absolute atomic E-state index is 12.7. The lowest BCUT2D eigenvalue weighted by Gasteiger charge is -2.26. The van der Waals surface area contributed by atoms with E-state index in [4.69, 9.17) is 14.2 Å². The van der Waals surface area contributed by atoms with Crippen molar-refractivity contribution in [3.8, 4) is 17.2 Å². The Hall–Kier alpha value is -2.74. The van der Waals surface area contributed by atoms with Crippen LogP contribution in [0.5, 0.6) is 17.2 Å². The summed E-state index contributed by atoms with van der Waals surface area (Å²) >= 11 is 0. The number of fused-ring (bicyclic) bond motifs is 2. The van der Waals surface area contributed by atoms with Crippen LogP contribution in [-0.2, 0) is 14.6 Å². The van der Waals surface area contributed by atoms with Crippen molar-refractivity contribution in [1.82, 2.24) is 5.32 Å². The van der Waals surface area contributed by atoms with Gasteiger partial charge in [-0.25, -0.2) is 8.42 Å². The third-order valence-electron chi connectivity index (χ3n) is 4.97. The third kappa shape index (κ3) is 4.48. The molecule has 1 amide bonds. The maximum Gasteiger partial charge on any atom is 0.221 e. The van der Waals surface area contributed by atoms with Crippen LogP contribution in [0.15, 0.2) is 47.4 Å². The minimum absolute atomic E-state index is 0.115. The van der Waals surface area contributed by atoms with Crippen molar-refractivity contribution in [3.63, 3.8) is 0 Å². The summed E-state index contributed by atoms with van der Waals surface area (Å²) in [4.78, 5) is 12.5. The zero-order valence-electron chi connectivity index (χ0n) is 15.9. The Morgan fingerprint density at radius 1 is 0.966 bits per heavy atom. The summed E-state index contributed by atoms with van der Waals surface area (Å²) in [5.74, 6) is 1.14. The summed E-state index contributed by atoms with van der Waals surface area (Å²) in [7, 11) is -3.62. The van der Waals surface area contributed by atoms with E-state index in [9.17, 15) is 13.2 Å². The SMILES string of the molecule is O=C(CCS(=O)(=O)c1ccc2c(c1)OCCCO2)N[C@H]1CCOc2ccccc21. The molecule has 0 spiro atoms. The number of hydrogen-bond acceptors (Lipinski definition) is 6. The normalized spacial score (nSPS) is 18.1. The van der Waals surface area contributed by atoms with Gasteiger partial charge in [0.1, 0.15) is 5.75 Å². The van der Waals surface area contributed by atoms with Crippen molar-refractivity contribution in [3.05, 3.63) is 48.0 Å². The Morgan fingerprint density at radius 2 is 1.72 bits per heavy atom. The number of nitrogens with one attached hydrogen (secondary N) is 1. The van der Waals surface area contributed by atoms with E-state index < -0.39 is 9.84 Å². The monoisotopic (exact) mass is 417 g/mol. The first-order valence-electron chi connectivity index (χ1n) is 9.66. The molecule has 0 fully saturated rings. The predicted octanol–water partition coefficient (Wildman–Crippen LogP) is 2.65. The van der Waals surface area contributed by atoms with Crippen molar-refractivity contribution in [2.45, 2.75) is 30.2 Å². The van der Waals surface area contributed by atoms with Gasteiger partial charge in [0.15, 0.2) is 21.3 Å². The van der Waals surface area contributed by atoms with Gasteiger partial charge >= 0.3 is 0 Å². The molecule has 0 unspecified atom stereocenters. The second-order valence-electron chi connectivity index (χ2n) is 7.02. The van der Waals surface area contributed by atoms with Gasteiger partial charge in [0, 0.05) is 30.9 Å². The Labute approximate surface area is 169 Å². The van der Waals surface area contributed by atoms with E-state index in [-0.39, 0.29) is 29.0 Å². The van der Waals surface area contributed by atoms with E-state index in [0.29, 0.717) is 37.7 Å². The van der Waals surface area contributed by atoms with Crippen LogP contribution < -0.4 is 19.5 Å². The van der Waals surface area contributed by atoms with Gasteiger partial charge in [-0.2, -0.15) is 0 Å². The molecule has 2 aliphatic rings. The summed E-state index contributed by atoms with van der Waals surface area (Å²) in [5, 5.41) is 2.93. The second-order valence-corrected chi connectivity index (χ2v) is 9.13. The highest BCUT2D eigenvalue weighted by molar-refractivity contribution is 7.91. The fraction of sp³-hybridized carbons (Fsp3) is 0.381. The summed E-state index contributed by atoms with van der Waals surface area (Å²) in [6.07, 6.45) is 1.28. The van der Waals surface area contributed by atoms with E-state index in [1.165, 1.54) is 12.1 Å². The van der Waals surface area contributed by atoms with Gasteiger partial charge in [-0.3, -0.25) is 4.79 Å². The van der Waals surface area contributed by atoms with Crippen molar-refractivity contribution in [2.24, 2.45) is 0 Å². The van der Waals surface area contributed by atoms with Gasteiger partial charge in [-0.05, 0) is 18.2 Å². The Kier molecular flexibility index (Phi) is 5.62. The summed E-state index contributed by atoms with van der Waals surface area (Å²) in [6, 6.07) is 11.9. The fourth-order valence-electron chi connectivity index (χ4n) is 3.44. The number of rotatable bonds is 5. The van der Waals surface area contributed by atoms with Crippen LogP contribution in [0.4, 0.5) is 0 Å². The molecule has 154 valence electrons. The number of hydrogen-bond donors (Lipinski definition) is 1. The van der Waals surface area contributed by atoms with Crippen LogP contribution in [0, 0.1) is 0 Å². The van der Waals surface area contributed by atoms with E-state index in [1.54, 1.807) is 6.07 Å². The molecule has 0 bridgehead atoms. The van der Waals surface area contributed by atoms with Crippen LogP contribution in [0.2, 0.25) is 0 Å². The van der Waals surface area contributed by atoms with Crippen molar-refractivity contribution in [1.29, 1.82) is 0 Å². The van der Waals surface area contributed by atoms with Crippen LogP contribution >= 0.6 is 0 Å². The van der Waals surface area contributed by atoms with Gasteiger partial charge in [0.25, 0.3) is 0 Å². The molecule has 0 aliphatic carbocycles. The first-order valence-corrected chi connectivity index (χ1v) is 11.3. The van der Waals surface area contributed by atoms with Crippen LogP contribution in [0.3, 0.4) is 0 Å². The van der Waals surface area contributed by atoms with Crippen molar-refractivity contribution >= 4 is 15.7 Å². The summed E-state index contributed by atoms with van der Waals surface area (Å²) in [5.41, 5.74) is 0.915. The quantitative estimate of drug-likeness (QED) is 0.804. The lowest BCUT2D eigenvalue weighted by molar-refractivity contribution is -0.121. The fourth-order valence-corrected chi connectivity index (χ4v) is 4.69. The number of carbonyl (C=O) groups is 1. The van der Waals surface area contributed by atoms with Crippen molar-refractivity contribution in [2.75, 3.05) is 25.6 Å². The number of ether oxygens (including phenoxy) is 3. The second kappa shape index (κ2) is 8.32. The highest BCUT2D eigenvalue weighted by atomic mass is 32.2. The largest absolute Gasteiger partial charge is 0.493 e. The average Bonchev–Trinajstić information content (AvgIpc) is 2.97. The van der Waals surface area contributed by atoms with E-state index in [2.05, 4.69) is 5.32 Å². The van der Waals surface area contributed by atoms with Crippen LogP contribution in [0.1, 0.15) is 30.9 Å². The highest BCUT2D eigenvalue weighted by Gasteiger charge is 2.24. The zero-order chi connectivity index (χ0) is 20.3.